The van der Waals surface area contributed by atoms with Crippen LogP contribution in [0.15, 0.2) is 24.4 Å². The van der Waals surface area contributed by atoms with Crippen LogP contribution < -0.4 is 0 Å². The SMILES string of the molecule is Cc1nn(C)c(C)c1C1CCCN1C(=O)c1cn2c(C)cccc2n1. The lowest BCUT2D eigenvalue weighted by molar-refractivity contribution is 0.0729. The Balaban J connectivity index is 1.72. The first-order chi connectivity index (χ1) is 12.0. The van der Waals surface area contributed by atoms with Crippen LogP contribution in [0.2, 0.25) is 0 Å². The van der Waals surface area contributed by atoms with Crippen LogP contribution in [-0.4, -0.2) is 36.5 Å². The monoisotopic (exact) mass is 337 g/mol. The summed E-state index contributed by atoms with van der Waals surface area (Å²) in [5, 5.41) is 4.53. The summed E-state index contributed by atoms with van der Waals surface area (Å²) in [6.45, 7) is 6.89. The summed E-state index contributed by atoms with van der Waals surface area (Å²) in [5.41, 5.74) is 5.73. The number of fused-ring (bicyclic) bond motifs is 1. The van der Waals surface area contributed by atoms with Crippen LogP contribution in [-0.2, 0) is 7.05 Å². The van der Waals surface area contributed by atoms with Gasteiger partial charge in [-0.25, -0.2) is 4.98 Å². The number of rotatable bonds is 2. The van der Waals surface area contributed by atoms with E-state index in [2.05, 4.69) is 17.0 Å². The van der Waals surface area contributed by atoms with Crippen LogP contribution in [0, 0.1) is 20.8 Å². The smallest absolute Gasteiger partial charge is 0.274 e. The van der Waals surface area contributed by atoms with Crippen molar-refractivity contribution in [2.24, 2.45) is 7.05 Å². The van der Waals surface area contributed by atoms with Gasteiger partial charge in [-0.05, 0) is 45.7 Å². The number of aryl methyl sites for hydroxylation is 3. The van der Waals surface area contributed by atoms with E-state index in [1.165, 1.54) is 5.56 Å². The number of hydrogen-bond acceptors (Lipinski definition) is 3. The minimum atomic E-state index is 0.00764. The molecule has 6 nitrogen and oxygen atoms in total. The molecule has 25 heavy (non-hydrogen) atoms. The number of carbonyl (C=O) groups is 1. The molecule has 1 unspecified atom stereocenters. The summed E-state index contributed by atoms with van der Waals surface area (Å²) >= 11 is 0. The van der Waals surface area contributed by atoms with E-state index in [1.807, 2.05) is 59.3 Å². The molecule has 0 saturated carbocycles. The molecule has 0 aliphatic carbocycles. The summed E-state index contributed by atoms with van der Waals surface area (Å²) in [4.78, 5) is 19.7. The molecule has 6 heteroatoms. The van der Waals surface area contributed by atoms with Crippen LogP contribution >= 0.6 is 0 Å². The van der Waals surface area contributed by atoms with Gasteiger partial charge in [-0.3, -0.25) is 9.48 Å². The average Bonchev–Trinajstić information content (AvgIpc) is 3.26. The lowest BCUT2D eigenvalue weighted by Crippen LogP contribution is -2.31. The molecule has 0 spiro atoms. The fraction of sp³-hybridized carbons (Fsp3) is 0.421. The third-order valence-electron chi connectivity index (χ3n) is 5.33. The molecule has 0 N–H and O–H groups in total. The lowest BCUT2D eigenvalue weighted by atomic mass is 10.0. The molecule has 1 fully saturated rings. The number of amides is 1. The summed E-state index contributed by atoms with van der Waals surface area (Å²) < 4.78 is 3.87. The van der Waals surface area contributed by atoms with E-state index in [0.29, 0.717) is 5.69 Å². The van der Waals surface area contributed by atoms with Gasteiger partial charge in [0.2, 0.25) is 0 Å². The highest BCUT2D eigenvalue weighted by Gasteiger charge is 2.34. The zero-order valence-electron chi connectivity index (χ0n) is 15.2. The van der Waals surface area contributed by atoms with Crippen molar-refractivity contribution in [3.63, 3.8) is 0 Å². The fourth-order valence-corrected chi connectivity index (χ4v) is 3.98. The first-order valence-corrected chi connectivity index (χ1v) is 8.73. The van der Waals surface area contributed by atoms with Crippen molar-refractivity contribution in [1.82, 2.24) is 24.1 Å². The first kappa shape index (κ1) is 15.9. The number of imidazole rings is 1. The van der Waals surface area contributed by atoms with E-state index in [4.69, 9.17) is 0 Å². The summed E-state index contributed by atoms with van der Waals surface area (Å²) in [6.07, 6.45) is 3.84. The zero-order chi connectivity index (χ0) is 17.7. The van der Waals surface area contributed by atoms with Crippen LogP contribution in [0.3, 0.4) is 0 Å². The molecule has 1 aliphatic rings. The van der Waals surface area contributed by atoms with Gasteiger partial charge in [0.1, 0.15) is 11.3 Å². The molecule has 0 aromatic carbocycles. The second-order valence-electron chi connectivity index (χ2n) is 6.89. The largest absolute Gasteiger partial charge is 0.330 e. The minimum Gasteiger partial charge on any atom is -0.330 e. The molecule has 1 atom stereocenters. The predicted molar refractivity (Wildman–Crippen MR) is 95.6 cm³/mol. The molecule has 4 heterocycles. The standard InChI is InChI=1S/C19H23N5O/c1-12-7-5-9-17-20-15(11-24(12)17)19(25)23-10-6-8-16(23)18-13(2)21-22(4)14(18)3/h5,7,9,11,16H,6,8,10H2,1-4H3. The molecule has 130 valence electrons. The third kappa shape index (κ3) is 2.44. The van der Waals surface area contributed by atoms with Crippen molar-refractivity contribution in [3.05, 3.63) is 52.7 Å². The van der Waals surface area contributed by atoms with E-state index in [9.17, 15) is 4.79 Å². The van der Waals surface area contributed by atoms with E-state index < -0.39 is 0 Å². The summed E-state index contributed by atoms with van der Waals surface area (Å²) in [6, 6.07) is 6.00. The summed E-state index contributed by atoms with van der Waals surface area (Å²) in [7, 11) is 1.96. The van der Waals surface area contributed by atoms with Crippen LogP contribution in [0.25, 0.3) is 5.65 Å². The number of pyridine rings is 1. The molecule has 0 radical (unpaired) electrons. The molecule has 4 rings (SSSR count). The van der Waals surface area contributed by atoms with Gasteiger partial charge in [0.05, 0.1) is 11.7 Å². The van der Waals surface area contributed by atoms with Crippen LogP contribution in [0.4, 0.5) is 0 Å². The highest BCUT2D eigenvalue weighted by atomic mass is 16.2. The summed E-state index contributed by atoms with van der Waals surface area (Å²) in [5.74, 6) is 0.00764. The zero-order valence-corrected chi connectivity index (χ0v) is 15.2. The molecule has 1 saturated heterocycles. The molecule has 3 aromatic rings. The van der Waals surface area contributed by atoms with Gasteiger partial charge in [0.25, 0.3) is 5.91 Å². The van der Waals surface area contributed by atoms with Crippen molar-refractivity contribution >= 4 is 11.6 Å². The number of carbonyl (C=O) groups excluding carboxylic acids is 1. The normalized spacial score (nSPS) is 17.6. The van der Waals surface area contributed by atoms with E-state index in [0.717, 1.165) is 42.1 Å². The second kappa shape index (κ2) is 5.72. The van der Waals surface area contributed by atoms with Crippen LogP contribution in [0.1, 0.15) is 52.0 Å². The van der Waals surface area contributed by atoms with Gasteiger partial charge in [-0.15, -0.1) is 0 Å². The van der Waals surface area contributed by atoms with Gasteiger partial charge in [-0.2, -0.15) is 5.10 Å². The maximum absolute atomic E-state index is 13.2. The maximum Gasteiger partial charge on any atom is 0.274 e. The topological polar surface area (TPSA) is 55.4 Å². The quantitative estimate of drug-likeness (QED) is 0.722. The minimum absolute atomic E-state index is 0.00764. The van der Waals surface area contributed by atoms with Crippen molar-refractivity contribution < 1.29 is 4.79 Å². The highest BCUT2D eigenvalue weighted by Crippen LogP contribution is 2.36. The molecule has 1 aliphatic heterocycles. The van der Waals surface area contributed by atoms with E-state index >= 15 is 0 Å². The van der Waals surface area contributed by atoms with Crippen LogP contribution in [0.5, 0.6) is 0 Å². The molecular formula is C19H23N5O. The van der Waals surface area contributed by atoms with Crippen molar-refractivity contribution in [3.8, 4) is 0 Å². The highest BCUT2D eigenvalue weighted by molar-refractivity contribution is 5.93. The van der Waals surface area contributed by atoms with Gasteiger partial charge in [-0.1, -0.05) is 6.07 Å². The predicted octanol–water partition coefficient (Wildman–Crippen LogP) is 2.97. The van der Waals surface area contributed by atoms with Crippen molar-refractivity contribution in [1.29, 1.82) is 0 Å². The Labute approximate surface area is 147 Å². The molecular weight excluding hydrogens is 314 g/mol. The molecule has 0 bridgehead atoms. The van der Waals surface area contributed by atoms with Crippen molar-refractivity contribution in [2.45, 2.75) is 39.7 Å². The third-order valence-corrected chi connectivity index (χ3v) is 5.33. The Morgan fingerprint density at radius 3 is 2.72 bits per heavy atom. The maximum atomic E-state index is 13.2. The van der Waals surface area contributed by atoms with Gasteiger partial charge < -0.3 is 9.30 Å². The number of likely N-dealkylation sites (tertiary alicyclic amines) is 1. The molecule has 1 amide bonds. The Hall–Kier alpha value is -2.63. The average molecular weight is 337 g/mol. The first-order valence-electron chi connectivity index (χ1n) is 8.73. The Kier molecular flexibility index (Phi) is 3.63. The number of aromatic nitrogens is 4. The van der Waals surface area contributed by atoms with Crippen molar-refractivity contribution in [2.75, 3.05) is 6.54 Å². The number of hydrogen-bond donors (Lipinski definition) is 0. The number of nitrogens with zero attached hydrogens (tertiary/aromatic N) is 5. The Bertz CT molecular complexity index is 968. The fourth-order valence-electron chi connectivity index (χ4n) is 3.98. The van der Waals surface area contributed by atoms with Gasteiger partial charge in [0, 0.05) is 36.7 Å². The Morgan fingerprint density at radius 1 is 1.24 bits per heavy atom. The Morgan fingerprint density at radius 2 is 2.04 bits per heavy atom. The molecule has 3 aromatic heterocycles. The van der Waals surface area contributed by atoms with Gasteiger partial charge >= 0.3 is 0 Å². The lowest BCUT2D eigenvalue weighted by Gasteiger charge is -2.24. The van der Waals surface area contributed by atoms with Gasteiger partial charge in [0.15, 0.2) is 0 Å². The second-order valence-corrected chi connectivity index (χ2v) is 6.89. The van der Waals surface area contributed by atoms with E-state index in [-0.39, 0.29) is 11.9 Å². The van der Waals surface area contributed by atoms with E-state index in [1.54, 1.807) is 0 Å².